The Hall–Kier alpha value is -1.16. The highest BCUT2D eigenvalue weighted by molar-refractivity contribution is 7.98. The van der Waals surface area contributed by atoms with Gasteiger partial charge in [0.25, 0.3) is 0 Å². The van der Waals surface area contributed by atoms with Crippen LogP contribution >= 0.6 is 11.8 Å². The summed E-state index contributed by atoms with van der Waals surface area (Å²) in [6.45, 7) is 5.77. The van der Waals surface area contributed by atoms with Crippen molar-refractivity contribution in [1.82, 2.24) is 0 Å². The zero-order valence-electron chi connectivity index (χ0n) is 10.7. The van der Waals surface area contributed by atoms with E-state index in [1.165, 1.54) is 4.90 Å². The predicted octanol–water partition coefficient (Wildman–Crippen LogP) is 3.16. The van der Waals surface area contributed by atoms with Gasteiger partial charge in [-0.25, -0.2) is 0 Å². The average Bonchev–Trinajstić information content (AvgIpc) is 2.24. The number of hydrogen-bond donors (Lipinski definition) is 1. The van der Waals surface area contributed by atoms with E-state index in [-0.39, 0.29) is 12.5 Å². The van der Waals surface area contributed by atoms with Gasteiger partial charge in [-0.15, -0.1) is 11.8 Å². The number of benzene rings is 1. The summed E-state index contributed by atoms with van der Waals surface area (Å²) in [5.41, 5.74) is 0.502. The van der Waals surface area contributed by atoms with Gasteiger partial charge in [-0.1, -0.05) is 6.07 Å². The molecule has 0 aliphatic carbocycles. The van der Waals surface area contributed by atoms with Gasteiger partial charge in [-0.3, -0.25) is 4.79 Å². The molecular formula is C13H19NO2S. The Morgan fingerprint density at radius 3 is 2.71 bits per heavy atom. The average molecular weight is 253 g/mol. The number of carbonyl (C=O) groups excluding carboxylic acids is 1. The van der Waals surface area contributed by atoms with E-state index >= 15 is 0 Å². The maximum absolute atomic E-state index is 11.5. The van der Waals surface area contributed by atoms with Gasteiger partial charge >= 0.3 is 5.97 Å². The number of nitrogens with one attached hydrogen (secondary N) is 1. The molecule has 0 radical (unpaired) electrons. The van der Waals surface area contributed by atoms with E-state index < -0.39 is 5.60 Å². The Morgan fingerprint density at radius 1 is 1.41 bits per heavy atom. The number of hydrogen-bond acceptors (Lipinski definition) is 4. The number of ether oxygens (including phenoxy) is 1. The van der Waals surface area contributed by atoms with Crippen LogP contribution in [0.2, 0.25) is 0 Å². The largest absolute Gasteiger partial charge is 0.459 e. The van der Waals surface area contributed by atoms with Crippen molar-refractivity contribution in [2.75, 3.05) is 18.1 Å². The Kier molecular flexibility index (Phi) is 4.87. The third-order valence-corrected chi connectivity index (χ3v) is 2.65. The molecule has 0 aliphatic heterocycles. The summed E-state index contributed by atoms with van der Waals surface area (Å²) in [5.74, 6) is -0.243. The van der Waals surface area contributed by atoms with Gasteiger partial charge in [-0.2, -0.15) is 0 Å². The quantitative estimate of drug-likeness (QED) is 0.661. The lowest BCUT2D eigenvalue weighted by atomic mass is 10.2. The maximum atomic E-state index is 11.5. The normalized spacial score (nSPS) is 11.1. The first-order valence-electron chi connectivity index (χ1n) is 5.50. The fourth-order valence-corrected chi connectivity index (χ4v) is 1.74. The Balaban J connectivity index is 2.47. The zero-order valence-corrected chi connectivity index (χ0v) is 11.6. The summed E-state index contributed by atoms with van der Waals surface area (Å²) in [7, 11) is 0. The molecule has 0 atom stereocenters. The summed E-state index contributed by atoms with van der Waals surface area (Å²) in [6, 6.07) is 7.94. The van der Waals surface area contributed by atoms with Crippen LogP contribution in [0.1, 0.15) is 20.8 Å². The van der Waals surface area contributed by atoms with Crippen LogP contribution in [0.25, 0.3) is 0 Å². The van der Waals surface area contributed by atoms with Gasteiger partial charge in [0.1, 0.15) is 12.1 Å². The van der Waals surface area contributed by atoms with Crippen molar-refractivity contribution in [3.05, 3.63) is 24.3 Å². The van der Waals surface area contributed by atoms with Gasteiger partial charge in [0.15, 0.2) is 0 Å². The molecule has 1 aromatic carbocycles. The van der Waals surface area contributed by atoms with E-state index in [4.69, 9.17) is 4.74 Å². The number of esters is 1. The molecule has 0 amide bonds. The van der Waals surface area contributed by atoms with Crippen molar-refractivity contribution in [2.24, 2.45) is 0 Å². The summed E-state index contributed by atoms with van der Waals surface area (Å²) < 4.78 is 5.21. The Bertz CT molecular complexity index is 385. The van der Waals surface area contributed by atoms with Gasteiger partial charge in [0.2, 0.25) is 0 Å². The predicted molar refractivity (Wildman–Crippen MR) is 72.6 cm³/mol. The first-order valence-corrected chi connectivity index (χ1v) is 6.73. The lowest BCUT2D eigenvalue weighted by molar-refractivity contribution is -0.152. The number of anilines is 1. The molecule has 0 heterocycles. The standard InChI is InChI=1S/C13H19NO2S/c1-13(2,3)16-12(15)9-14-10-6-5-7-11(8-10)17-4/h5-8,14H,9H2,1-4H3. The van der Waals surface area contributed by atoms with Gasteiger partial charge < -0.3 is 10.1 Å². The minimum Gasteiger partial charge on any atom is -0.459 e. The molecule has 94 valence electrons. The van der Waals surface area contributed by atoms with Crippen molar-refractivity contribution in [1.29, 1.82) is 0 Å². The highest BCUT2D eigenvalue weighted by Gasteiger charge is 2.15. The Morgan fingerprint density at radius 2 is 2.12 bits per heavy atom. The first kappa shape index (κ1) is 13.9. The molecule has 0 bridgehead atoms. The van der Waals surface area contributed by atoms with E-state index in [0.717, 1.165) is 5.69 Å². The molecule has 0 unspecified atom stereocenters. The molecule has 0 fully saturated rings. The van der Waals surface area contributed by atoms with E-state index in [1.807, 2.05) is 51.3 Å². The fraction of sp³-hybridized carbons (Fsp3) is 0.462. The van der Waals surface area contributed by atoms with Crippen molar-refractivity contribution >= 4 is 23.4 Å². The van der Waals surface area contributed by atoms with Gasteiger partial charge in [0, 0.05) is 10.6 Å². The number of carbonyl (C=O) groups is 1. The van der Waals surface area contributed by atoms with Crippen LogP contribution in [0.3, 0.4) is 0 Å². The molecule has 1 N–H and O–H groups in total. The summed E-state index contributed by atoms with van der Waals surface area (Å²) in [5, 5.41) is 3.05. The second kappa shape index (κ2) is 5.96. The topological polar surface area (TPSA) is 38.3 Å². The monoisotopic (exact) mass is 253 g/mol. The van der Waals surface area contributed by atoms with Crippen LogP contribution in [-0.2, 0) is 9.53 Å². The highest BCUT2D eigenvalue weighted by atomic mass is 32.2. The molecule has 4 heteroatoms. The van der Waals surface area contributed by atoms with Crippen LogP contribution in [0, 0.1) is 0 Å². The van der Waals surface area contributed by atoms with Crippen LogP contribution < -0.4 is 5.32 Å². The fourth-order valence-electron chi connectivity index (χ4n) is 1.28. The second-order valence-corrected chi connectivity index (χ2v) is 5.55. The van der Waals surface area contributed by atoms with E-state index in [1.54, 1.807) is 11.8 Å². The molecule has 1 rings (SSSR count). The minimum absolute atomic E-state index is 0.190. The van der Waals surface area contributed by atoms with E-state index in [9.17, 15) is 4.79 Å². The summed E-state index contributed by atoms with van der Waals surface area (Å²) in [6.07, 6.45) is 2.02. The highest BCUT2D eigenvalue weighted by Crippen LogP contribution is 2.18. The third-order valence-electron chi connectivity index (χ3n) is 1.93. The minimum atomic E-state index is -0.431. The SMILES string of the molecule is CSc1cccc(NCC(=O)OC(C)(C)C)c1. The van der Waals surface area contributed by atoms with Crippen molar-refractivity contribution in [2.45, 2.75) is 31.3 Å². The molecule has 17 heavy (non-hydrogen) atoms. The van der Waals surface area contributed by atoms with Crippen LogP contribution in [0.5, 0.6) is 0 Å². The maximum Gasteiger partial charge on any atom is 0.325 e. The molecular weight excluding hydrogens is 234 g/mol. The van der Waals surface area contributed by atoms with Crippen LogP contribution in [-0.4, -0.2) is 24.4 Å². The van der Waals surface area contributed by atoms with E-state index in [0.29, 0.717) is 0 Å². The molecule has 0 spiro atoms. The van der Waals surface area contributed by atoms with E-state index in [2.05, 4.69) is 5.32 Å². The van der Waals surface area contributed by atoms with Crippen LogP contribution in [0.4, 0.5) is 5.69 Å². The lowest BCUT2D eigenvalue weighted by Crippen LogP contribution is -2.28. The smallest absolute Gasteiger partial charge is 0.325 e. The molecule has 0 aromatic heterocycles. The van der Waals surface area contributed by atoms with Crippen molar-refractivity contribution in [3.8, 4) is 0 Å². The Labute approximate surface area is 107 Å². The molecule has 0 aliphatic rings. The third kappa shape index (κ3) is 5.63. The van der Waals surface area contributed by atoms with Gasteiger partial charge in [0.05, 0.1) is 0 Å². The molecule has 1 aromatic rings. The zero-order chi connectivity index (χ0) is 12.9. The van der Waals surface area contributed by atoms with Crippen molar-refractivity contribution in [3.63, 3.8) is 0 Å². The molecule has 0 saturated carbocycles. The number of thioether (sulfide) groups is 1. The first-order chi connectivity index (χ1) is 7.90. The molecule has 3 nitrogen and oxygen atoms in total. The van der Waals surface area contributed by atoms with Crippen LogP contribution in [0.15, 0.2) is 29.2 Å². The summed E-state index contributed by atoms with van der Waals surface area (Å²) in [4.78, 5) is 12.7. The summed E-state index contributed by atoms with van der Waals surface area (Å²) >= 11 is 1.67. The lowest BCUT2D eigenvalue weighted by Gasteiger charge is -2.19. The second-order valence-electron chi connectivity index (χ2n) is 4.67. The number of rotatable bonds is 4. The van der Waals surface area contributed by atoms with Gasteiger partial charge in [-0.05, 0) is 45.2 Å². The molecule has 0 saturated heterocycles. The van der Waals surface area contributed by atoms with Crippen molar-refractivity contribution < 1.29 is 9.53 Å².